The molecule has 0 radical (unpaired) electrons. The molecule has 0 bridgehead atoms. The van der Waals surface area contributed by atoms with Gasteiger partial charge in [-0.1, -0.05) is 0 Å². The molecule has 4 heteroatoms. The van der Waals surface area contributed by atoms with Crippen molar-refractivity contribution in [3.63, 3.8) is 0 Å². The van der Waals surface area contributed by atoms with E-state index in [2.05, 4.69) is 4.98 Å². The van der Waals surface area contributed by atoms with Gasteiger partial charge in [-0.2, -0.15) is 0 Å². The lowest BCUT2D eigenvalue weighted by Gasteiger charge is -2.14. The Bertz CT molecular complexity index is 284. The lowest BCUT2D eigenvalue weighted by molar-refractivity contribution is 0.106. The molecule has 0 saturated carbocycles. The van der Waals surface area contributed by atoms with Gasteiger partial charge in [-0.3, -0.25) is 4.98 Å². The van der Waals surface area contributed by atoms with Crippen molar-refractivity contribution in [3.8, 4) is 0 Å². The summed E-state index contributed by atoms with van der Waals surface area (Å²) in [4.78, 5) is 4.19. The Kier molecular flexibility index (Phi) is 3.22. The Labute approximate surface area is 77.9 Å². The highest BCUT2D eigenvalue weighted by Gasteiger charge is 2.12. The van der Waals surface area contributed by atoms with E-state index in [4.69, 9.17) is 16.2 Å². The van der Waals surface area contributed by atoms with Gasteiger partial charge in [-0.05, 0) is 18.6 Å². The molecule has 1 aromatic rings. The van der Waals surface area contributed by atoms with E-state index in [9.17, 15) is 0 Å². The summed E-state index contributed by atoms with van der Waals surface area (Å²) in [7, 11) is 1.62. The largest absolute Gasteiger partial charge is 0.397 e. The van der Waals surface area contributed by atoms with Gasteiger partial charge in [0.15, 0.2) is 0 Å². The maximum Gasteiger partial charge on any atom is 0.111 e. The molecule has 1 rings (SSSR count). The zero-order chi connectivity index (χ0) is 9.84. The molecule has 0 aliphatic rings. The van der Waals surface area contributed by atoms with Gasteiger partial charge in [-0.25, -0.2) is 0 Å². The summed E-state index contributed by atoms with van der Waals surface area (Å²) in [6.07, 6.45) is 1.48. The highest BCUT2D eigenvalue weighted by atomic mass is 16.5. The monoisotopic (exact) mass is 181 g/mol. The number of nitrogen functional groups attached to an aromatic ring is 1. The van der Waals surface area contributed by atoms with Gasteiger partial charge >= 0.3 is 0 Å². The van der Waals surface area contributed by atoms with Crippen LogP contribution in [0.4, 0.5) is 5.69 Å². The quantitative estimate of drug-likeness (QED) is 0.716. The molecule has 13 heavy (non-hydrogen) atoms. The number of nitrogens with zero attached hydrogens (tertiary/aromatic N) is 1. The lowest BCUT2D eigenvalue weighted by Crippen LogP contribution is -2.16. The van der Waals surface area contributed by atoms with Crippen LogP contribution in [0, 0.1) is 6.92 Å². The van der Waals surface area contributed by atoms with E-state index in [0.29, 0.717) is 12.2 Å². The second kappa shape index (κ2) is 4.20. The minimum atomic E-state index is -0.138. The van der Waals surface area contributed by atoms with Crippen LogP contribution in [0.2, 0.25) is 0 Å². The molecule has 0 aliphatic carbocycles. The van der Waals surface area contributed by atoms with Crippen LogP contribution in [0.25, 0.3) is 0 Å². The van der Waals surface area contributed by atoms with Gasteiger partial charge in [-0.15, -0.1) is 0 Å². The van der Waals surface area contributed by atoms with Crippen molar-refractivity contribution < 1.29 is 4.74 Å². The third-order valence-corrected chi connectivity index (χ3v) is 1.94. The molecule has 0 aliphatic heterocycles. The third kappa shape index (κ3) is 2.17. The van der Waals surface area contributed by atoms with E-state index in [1.165, 1.54) is 0 Å². The van der Waals surface area contributed by atoms with Crippen molar-refractivity contribution in [2.45, 2.75) is 13.0 Å². The predicted molar refractivity (Wildman–Crippen MR) is 52.2 cm³/mol. The van der Waals surface area contributed by atoms with Gasteiger partial charge < -0.3 is 16.2 Å². The second-order valence-electron chi connectivity index (χ2n) is 2.93. The first-order chi connectivity index (χ1) is 6.19. The zero-order valence-electron chi connectivity index (χ0n) is 7.95. The van der Waals surface area contributed by atoms with E-state index < -0.39 is 0 Å². The number of hydrogen-bond acceptors (Lipinski definition) is 4. The summed E-state index contributed by atoms with van der Waals surface area (Å²) in [6, 6.07) is 1.87. The topological polar surface area (TPSA) is 74.2 Å². The fourth-order valence-electron chi connectivity index (χ4n) is 1.26. The Morgan fingerprint density at radius 3 is 2.77 bits per heavy atom. The molecule has 4 N–H and O–H groups in total. The summed E-state index contributed by atoms with van der Waals surface area (Å²) in [5.74, 6) is 0. The standard InChI is InChI=1S/C9H15N3O/c1-6-3-7(11)5-12-9(6)8(4-10)13-2/h3,5,8H,4,10-11H2,1-2H3. The van der Waals surface area contributed by atoms with Crippen LogP contribution in [0.5, 0.6) is 0 Å². The Morgan fingerprint density at radius 2 is 2.31 bits per heavy atom. The van der Waals surface area contributed by atoms with E-state index in [1.54, 1.807) is 13.3 Å². The van der Waals surface area contributed by atoms with Crippen molar-refractivity contribution in [2.75, 3.05) is 19.4 Å². The first-order valence-corrected chi connectivity index (χ1v) is 4.14. The Balaban J connectivity index is 2.99. The normalized spacial score (nSPS) is 12.8. The Morgan fingerprint density at radius 1 is 1.62 bits per heavy atom. The first kappa shape index (κ1) is 9.95. The molecule has 1 unspecified atom stereocenters. The summed E-state index contributed by atoms with van der Waals surface area (Å²) >= 11 is 0. The number of ether oxygens (including phenoxy) is 1. The van der Waals surface area contributed by atoms with E-state index >= 15 is 0 Å². The molecule has 1 heterocycles. The van der Waals surface area contributed by atoms with Gasteiger partial charge in [0.25, 0.3) is 0 Å². The maximum absolute atomic E-state index is 5.58. The fourth-order valence-corrected chi connectivity index (χ4v) is 1.26. The van der Waals surface area contributed by atoms with Crippen molar-refractivity contribution >= 4 is 5.69 Å². The fraction of sp³-hybridized carbons (Fsp3) is 0.444. The molecule has 0 fully saturated rings. The molecular weight excluding hydrogens is 166 g/mol. The van der Waals surface area contributed by atoms with Crippen LogP contribution in [0.15, 0.2) is 12.3 Å². The van der Waals surface area contributed by atoms with Gasteiger partial charge in [0.1, 0.15) is 6.10 Å². The van der Waals surface area contributed by atoms with Crippen LogP contribution in [-0.4, -0.2) is 18.6 Å². The van der Waals surface area contributed by atoms with Crippen LogP contribution < -0.4 is 11.5 Å². The Hall–Kier alpha value is -1.13. The molecule has 1 atom stereocenters. The van der Waals surface area contributed by atoms with E-state index in [1.807, 2.05) is 13.0 Å². The highest BCUT2D eigenvalue weighted by molar-refractivity contribution is 5.40. The van der Waals surface area contributed by atoms with Gasteiger partial charge in [0.2, 0.25) is 0 Å². The number of methoxy groups -OCH3 is 1. The summed E-state index contributed by atoms with van der Waals surface area (Å²) in [5.41, 5.74) is 13.6. The molecule has 0 amide bonds. The minimum absolute atomic E-state index is 0.138. The summed E-state index contributed by atoms with van der Waals surface area (Å²) < 4.78 is 5.18. The highest BCUT2D eigenvalue weighted by Crippen LogP contribution is 2.18. The van der Waals surface area contributed by atoms with Crippen molar-refractivity contribution in [1.29, 1.82) is 0 Å². The molecule has 72 valence electrons. The lowest BCUT2D eigenvalue weighted by atomic mass is 10.1. The predicted octanol–water partition coefficient (Wildman–Crippen LogP) is 0.618. The summed E-state index contributed by atoms with van der Waals surface area (Å²) in [6.45, 7) is 2.37. The zero-order valence-corrected chi connectivity index (χ0v) is 7.95. The van der Waals surface area contributed by atoms with E-state index in [-0.39, 0.29) is 6.10 Å². The summed E-state index contributed by atoms with van der Waals surface area (Å²) in [5, 5.41) is 0. The SMILES string of the molecule is COC(CN)c1ncc(N)cc1C. The van der Waals surface area contributed by atoms with Crippen LogP contribution in [-0.2, 0) is 4.74 Å². The molecular formula is C9H15N3O. The van der Waals surface area contributed by atoms with Crippen LogP contribution >= 0.6 is 0 Å². The molecule has 4 nitrogen and oxygen atoms in total. The average molecular weight is 181 g/mol. The number of anilines is 1. The number of aryl methyl sites for hydroxylation is 1. The van der Waals surface area contributed by atoms with Crippen LogP contribution in [0.1, 0.15) is 17.4 Å². The van der Waals surface area contributed by atoms with Gasteiger partial charge in [0, 0.05) is 13.7 Å². The van der Waals surface area contributed by atoms with Gasteiger partial charge in [0.05, 0.1) is 17.6 Å². The number of aromatic nitrogens is 1. The second-order valence-corrected chi connectivity index (χ2v) is 2.93. The van der Waals surface area contributed by atoms with Crippen LogP contribution in [0.3, 0.4) is 0 Å². The third-order valence-electron chi connectivity index (χ3n) is 1.94. The average Bonchev–Trinajstić information content (AvgIpc) is 2.10. The maximum atomic E-state index is 5.58. The number of rotatable bonds is 3. The number of pyridine rings is 1. The molecule has 0 saturated heterocycles. The van der Waals surface area contributed by atoms with Crippen molar-refractivity contribution in [3.05, 3.63) is 23.5 Å². The van der Waals surface area contributed by atoms with Crippen molar-refractivity contribution in [1.82, 2.24) is 4.98 Å². The van der Waals surface area contributed by atoms with E-state index in [0.717, 1.165) is 11.3 Å². The molecule has 1 aromatic heterocycles. The first-order valence-electron chi connectivity index (χ1n) is 4.14. The smallest absolute Gasteiger partial charge is 0.111 e. The minimum Gasteiger partial charge on any atom is -0.397 e. The molecule has 0 aromatic carbocycles. The number of nitrogens with two attached hydrogens (primary N) is 2. The number of hydrogen-bond donors (Lipinski definition) is 2. The molecule has 0 spiro atoms. The van der Waals surface area contributed by atoms with Crippen molar-refractivity contribution in [2.24, 2.45) is 5.73 Å².